The third kappa shape index (κ3) is 2.53. The van der Waals surface area contributed by atoms with E-state index in [2.05, 4.69) is 26.9 Å². The Balaban J connectivity index is 1.93. The maximum Gasteiger partial charge on any atom is 0.171 e. The van der Waals surface area contributed by atoms with E-state index in [9.17, 15) is 0 Å². The summed E-state index contributed by atoms with van der Waals surface area (Å²) in [6.45, 7) is 5.32. The van der Waals surface area contributed by atoms with Crippen molar-refractivity contribution in [2.45, 2.75) is 31.8 Å². The fraction of sp³-hybridized carbons (Fsp3) is 0.571. The topological polar surface area (TPSA) is 78.0 Å². The van der Waals surface area contributed by atoms with Crippen molar-refractivity contribution in [3.05, 3.63) is 22.8 Å². The molecule has 1 aromatic rings. The van der Waals surface area contributed by atoms with E-state index in [1.54, 1.807) is 12.3 Å². The van der Waals surface area contributed by atoms with Crippen molar-refractivity contribution in [3.8, 4) is 0 Å². The third-order valence-electron chi connectivity index (χ3n) is 4.46. The van der Waals surface area contributed by atoms with Crippen molar-refractivity contribution in [2.24, 2.45) is 10.9 Å². The maximum absolute atomic E-state index is 8.85. The van der Waals surface area contributed by atoms with Crippen LogP contribution in [0.4, 0.5) is 5.82 Å². The van der Waals surface area contributed by atoms with Gasteiger partial charge in [-0.05, 0) is 32.4 Å². The molecule has 7 heteroatoms. The highest BCUT2D eigenvalue weighted by Gasteiger charge is 2.35. The molecule has 2 unspecified atom stereocenters. The maximum atomic E-state index is 8.85. The Hall–Kier alpha value is -1.53. The molecule has 2 aliphatic rings. The van der Waals surface area contributed by atoms with Crippen LogP contribution >= 0.6 is 11.6 Å². The van der Waals surface area contributed by atoms with Gasteiger partial charge in [-0.25, -0.2) is 4.98 Å². The molecule has 0 amide bonds. The van der Waals surface area contributed by atoms with Gasteiger partial charge in [0, 0.05) is 36.9 Å². The van der Waals surface area contributed by atoms with Gasteiger partial charge in [0.1, 0.15) is 5.82 Å². The van der Waals surface area contributed by atoms with Gasteiger partial charge in [-0.3, -0.25) is 4.90 Å². The van der Waals surface area contributed by atoms with Gasteiger partial charge in [0.25, 0.3) is 0 Å². The van der Waals surface area contributed by atoms with Crippen LogP contribution in [0.15, 0.2) is 17.4 Å². The number of halogens is 1. The SMILES string of the molecule is CC1CN2CCCC2CN1c1nccc(/C(N)=N/O)c1Cl. The largest absolute Gasteiger partial charge is 0.409 e. The van der Waals surface area contributed by atoms with Crippen LogP contribution in [0.25, 0.3) is 0 Å². The molecule has 0 aliphatic carbocycles. The molecule has 114 valence electrons. The van der Waals surface area contributed by atoms with Gasteiger partial charge < -0.3 is 15.8 Å². The molecule has 2 saturated heterocycles. The Kier molecular flexibility index (Phi) is 3.91. The first-order chi connectivity index (χ1) is 10.1. The van der Waals surface area contributed by atoms with E-state index in [0.717, 1.165) is 18.9 Å². The van der Waals surface area contributed by atoms with E-state index in [1.807, 2.05) is 0 Å². The summed E-state index contributed by atoms with van der Waals surface area (Å²) in [4.78, 5) is 9.21. The standard InChI is InChI=1S/C14H20ClN5O/c1-9-7-19-6-2-3-10(19)8-20(9)14-12(15)11(4-5-17-14)13(16)18-21/h4-5,9-10,21H,2-3,6-8H2,1H3,(H2,16,18). The smallest absolute Gasteiger partial charge is 0.171 e. The fourth-order valence-corrected chi connectivity index (χ4v) is 3.68. The van der Waals surface area contributed by atoms with Gasteiger partial charge in [-0.1, -0.05) is 16.8 Å². The zero-order valence-corrected chi connectivity index (χ0v) is 12.8. The van der Waals surface area contributed by atoms with Crippen molar-refractivity contribution in [3.63, 3.8) is 0 Å². The molecular weight excluding hydrogens is 290 g/mol. The Bertz CT molecular complexity index is 564. The van der Waals surface area contributed by atoms with Gasteiger partial charge in [-0.15, -0.1) is 0 Å². The molecule has 1 aromatic heterocycles. The van der Waals surface area contributed by atoms with Crippen LogP contribution in [0.3, 0.4) is 0 Å². The Morgan fingerprint density at radius 3 is 3.10 bits per heavy atom. The number of anilines is 1. The van der Waals surface area contributed by atoms with Crippen LogP contribution in [-0.2, 0) is 0 Å². The summed E-state index contributed by atoms with van der Waals surface area (Å²) in [5.41, 5.74) is 6.19. The van der Waals surface area contributed by atoms with Gasteiger partial charge in [0.05, 0.1) is 5.02 Å². The number of rotatable bonds is 2. The summed E-state index contributed by atoms with van der Waals surface area (Å²) in [6, 6.07) is 2.58. The van der Waals surface area contributed by atoms with Crippen LogP contribution in [-0.4, -0.2) is 52.6 Å². The molecule has 0 saturated carbocycles. The quantitative estimate of drug-likeness (QED) is 0.375. The Labute approximate surface area is 129 Å². The minimum absolute atomic E-state index is 0.0100. The van der Waals surface area contributed by atoms with Crippen LogP contribution in [0.5, 0.6) is 0 Å². The molecule has 21 heavy (non-hydrogen) atoms. The average molecular weight is 310 g/mol. The molecule has 2 atom stereocenters. The summed E-state index contributed by atoms with van der Waals surface area (Å²) < 4.78 is 0. The molecule has 2 aliphatic heterocycles. The van der Waals surface area contributed by atoms with Crippen LogP contribution < -0.4 is 10.6 Å². The van der Waals surface area contributed by atoms with E-state index in [1.165, 1.54) is 19.4 Å². The molecular formula is C14H20ClN5O. The Morgan fingerprint density at radius 2 is 2.33 bits per heavy atom. The number of nitrogens with zero attached hydrogens (tertiary/aromatic N) is 4. The summed E-state index contributed by atoms with van der Waals surface area (Å²) >= 11 is 6.43. The van der Waals surface area contributed by atoms with E-state index < -0.39 is 0 Å². The lowest BCUT2D eigenvalue weighted by Gasteiger charge is -2.43. The summed E-state index contributed by atoms with van der Waals surface area (Å²) in [7, 11) is 0. The van der Waals surface area contributed by atoms with E-state index in [4.69, 9.17) is 22.5 Å². The van der Waals surface area contributed by atoms with E-state index in [-0.39, 0.29) is 5.84 Å². The number of hydrogen-bond donors (Lipinski definition) is 2. The lowest BCUT2D eigenvalue weighted by atomic mass is 10.1. The van der Waals surface area contributed by atoms with Crippen molar-refractivity contribution in [2.75, 3.05) is 24.5 Å². The van der Waals surface area contributed by atoms with Gasteiger partial charge in [0.15, 0.2) is 5.84 Å². The first kappa shape index (κ1) is 14.4. The lowest BCUT2D eigenvalue weighted by molar-refractivity contribution is 0.202. The second-order valence-corrected chi connectivity index (χ2v) is 6.15. The molecule has 0 radical (unpaired) electrons. The molecule has 2 fully saturated rings. The summed E-state index contributed by atoms with van der Waals surface area (Å²) in [5, 5.41) is 12.3. The van der Waals surface area contributed by atoms with E-state index >= 15 is 0 Å². The number of amidine groups is 1. The predicted molar refractivity (Wildman–Crippen MR) is 83.2 cm³/mol. The lowest BCUT2D eigenvalue weighted by Crippen LogP contribution is -2.55. The molecule has 0 bridgehead atoms. The monoisotopic (exact) mass is 309 g/mol. The normalized spacial score (nSPS) is 27.0. The van der Waals surface area contributed by atoms with Gasteiger partial charge in [-0.2, -0.15) is 0 Å². The predicted octanol–water partition coefficient (Wildman–Crippen LogP) is 1.50. The van der Waals surface area contributed by atoms with Crippen molar-refractivity contribution in [1.29, 1.82) is 0 Å². The number of pyridine rings is 1. The van der Waals surface area contributed by atoms with Crippen LogP contribution in [0.1, 0.15) is 25.3 Å². The first-order valence-electron chi connectivity index (χ1n) is 7.25. The highest BCUT2D eigenvalue weighted by atomic mass is 35.5. The van der Waals surface area contributed by atoms with Gasteiger partial charge in [0.2, 0.25) is 0 Å². The third-order valence-corrected chi connectivity index (χ3v) is 4.84. The molecule has 6 nitrogen and oxygen atoms in total. The number of oxime groups is 1. The highest BCUT2D eigenvalue weighted by Crippen LogP contribution is 2.33. The first-order valence-corrected chi connectivity index (χ1v) is 7.62. The van der Waals surface area contributed by atoms with Crippen LogP contribution in [0, 0.1) is 0 Å². The molecule has 3 rings (SSSR count). The fourth-order valence-electron chi connectivity index (χ4n) is 3.37. The second kappa shape index (κ2) is 5.69. The second-order valence-electron chi connectivity index (χ2n) is 5.77. The zero-order chi connectivity index (χ0) is 15.0. The van der Waals surface area contributed by atoms with E-state index in [0.29, 0.717) is 22.7 Å². The average Bonchev–Trinajstić information content (AvgIpc) is 2.93. The van der Waals surface area contributed by atoms with Crippen LogP contribution in [0.2, 0.25) is 5.02 Å². The van der Waals surface area contributed by atoms with Crippen molar-refractivity contribution in [1.82, 2.24) is 9.88 Å². The Morgan fingerprint density at radius 1 is 1.52 bits per heavy atom. The van der Waals surface area contributed by atoms with Crippen molar-refractivity contribution >= 4 is 23.3 Å². The molecule has 3 N–H and O–H groups in total. The number of hydrogen-bond acceptors (Lipinski definition) is 5. The number of piperazine rings is 1. The molecule has 0 aromatic carbocycles. The minimum atomic E-state index is 0.0100. The zero-order valence-electron chi connectivity index (χ0n) is 12.0. The highest BCUT2D eigenvalue weighted by molar-refractivity contribution is 6.36. The number of fused-ring (bicyclic) bond motifs is 1. The summed E-state index contributed by atoms with van der Waals surface area (Å²) in [6.07, 6.45) is 4.14. The molecule has 0 spiro atoms. The summed E-state index contributed by atoms with van der Waals surface area (Å²) in [5.74, 6) is 0.732. The van der Waals surface area contributed by atoms with Gasteiger partial charge >= 0.3 is 0 Å². The minimum Gasteiger partial charge on any atom is -0.409 e. The van der Waals surface area contributed by atoms with Crippen molar-refractivity contribution < 1.29 is 5.21 Å². The molecule has 3 heterocycles. The number of nitrogens with two attached hydrogens (primary N) is 1. The number of aromatic nitrogens is 1.